The van der Waals surface area contributed by atoms with Crippen LogP contribution in [0.15, 0.2) is 29.0 Å². The van der Waals surface area contributed by atoms with Crippen molar-refractivity contribution in [1.29, 1.82) is 0 Å². The van der Waals surface area contributed by atoms with Gasteiger partial charge < -0.3 is 10.0 Å². The van der Waals surface area contributed by atoms with E-state index in [0.717, 1.165) is 21.2 Å². The van der Waals surface area contributed by atoms with Gasteiger partial charge in [0.05, 0.1) is 17.3 Å². The van der Waals surface area contributed by atoms with Gasteiger partial charge in [-0.3, -0.25) is 9.97 Å². The van der Waals surface area contributed by atoms with Crippen molar-refractivity contribution in [3.63, 3.8) is 0 Å². The molecule has 1 N–H and O–H groups in total. The van der Waals surface area contributed by atoms with Crippen LogP contribution >= 0.6 is 15.9 Å². The van der Waals surface area contributed by atoms with Crippen LogP contribution in [0.2, 0.25) is 0 Å². The summed E-state index contributed by atoms with van der Waals surface area (Å²) in [7, 11) is 1.94. The maximum absolute atomic E-state index is 9.42. The molecule has 17 heavy (non-hydrogen) atoms. The molecule has 0 saturated heterocycles. The Kier molecular flexibility index (Phi) is 3.59. The number of anilines is 1. The van der Waals surface area contributed by atoms with Crippen LogP contribution in [0.4, 0.5) is 5.69 Å². The van der Waals surface area contributed by atoms with Crippen molar-refractivity contribution in [2.45, 2.75) is 13.0 Å². The molecule has 2 rings (SSSR count). The zero-order chi connectivity index (χ0) is 12.4. The Hall–Kier alpha value is -1.20. The maximum atomic E-state index is 9.42. The molecule has 0 aliphatic carbocycles. The van der Waals surface area contributed by atoms with E-state index >= 15 is 0 Å². The Morgan fingerprint density at radius 2 is 2.24 bits per heavy atom. The first-order chi connectivity index (χ1) is 8.08. The Balaban J connectivity index is 2.47. The Morgan fingerprint density at radius 3 is 2.94 bits per heavy atom. The number of hydrogen-bond donors (Lipinski definition) is 1. The van der Waals surface area contributed by atoms with Gasteiger partial charge in [0.1, 0.15) is 5.52 Å². The van der Waals surface area contributed by atoms with Gasteiger partial charge in [0.15, 0.2) is 0 Å². The molecular weight excluding hydrogens is 282 g/mol. The van der Waals surface area contributed by atoms with E-state index < -0.39 is 0 Å². The van der Waals surface area contributed by atoms with Crippen LogP contribution in [0.25, 0.3) is 11.0 Å². The summed E-state index contributed by atoms with van der Waals surface area (Å²) in [4.78, 5) is 10.6. The smallest absolute Gasteiger partial charge is 0.112 e. The second-order valence-corrected chi connectivity index (χ2v) is 5.00. The van der Waals surface area contributed by atoms with E-state index in [9.17, 15) is 5.11 Å². The van der Waals surface area contributed by atoms with Gasteiger partial charge in [-0.25, -0.2) is 0 Å². The van der Waals surface area contributed by atoms with Gasteiger partial charge in [-0.1, -0.05) is 0 Å². The Bertz CT molecular complexity index is 530. The second kappa shape index (κ2) is 4.98. The molecule has 90 valence electrons. The summed E-state index contributed by atoms with van der Waals surface area (Å²) in [5, 5.41) is 9.42. The van der Waals surface area contributed by atoms with Gasteiger partial charge in [-0.2, -0.15) is 0 Å². The fraction of sp³-hybridized carbons (Fsp3) is 0.333. The average Bonchev–Trinajstić information content (AvgIpc) is 2.26. The molecule has 1 atom stereocenters. The van der Waals surface area contributed by atoms with Gasteiger partial charge in [-0.05, 0) is 35.0 Å². The fourth-order valence-electron chi connectivity index (χ4n) is 1.79. The van der Waals surface area contributed by atoms with Crippen molar-refractivity contribution in [1.82, 2.24) is 9.97 Å². The molecule has 0 fully saturated rings. The molecule has 0 aliphatic heterocycles. The molecule has 0 amide bonds. The lowest BCUT2D eigenvalue weighted by molar-refractivity contribution is 0.201. The first-order valence-corrected chi connectivity index (χ1v) is 6.16. The molecule has 2 aromatic rings. The molecule has 4 nitrogen and oxygen atoms in total. The lowest BCUT2D eigenvalue weighted by Gasteiger charge is -2.21. The van der Waals surface area contributed by atoms with E-state index in [2.05, 4.69) is 25.9 Å². The molecule has 0 saturated carbocycles. The topological polar surface area (TPSA) is 49.2 Å². The minimum absolute atomic E-state index is 0.376. The summed E-state index contributed by atoms with van der Waals surface area (Å²) in [6.07, 6.45) is 3.13. The number of fused-ring (bicyclic) bond motifs is 1. The molecular formula is C12H14BrN3O. The minimum atomic E-state index is -0.376. The zero-order valence-electron chi connectivity index (χ0n) is 9.76. The van der Waals surface area contributed by atoms with Gasteiger partial charge in [0, 0.05) is 30.5 Å². The highest BCUT2D eigenvalue weighted by atomic mass is 79.9. The molecule has 0 aromatic carbocycles. The number of aliphatic hydroxyl groups is 1. The third kappa shape index (κ3) is 2.73. The van der Waals surface area contributed by atoms with Crippen LogP contribution in [0, 0.1) is 0 Å². The minimum Gasteiger partial charge on any atom is -0.392 e. The van der Waals surface area contributed by atoms with E-state index in [1.54, 1.807) is 19.3 Å². The summed E-state index contributed by atoms with van der Waals surface area (Å²) in [6.45, 7) is 2.33. The molecule has 0 spiro atoms. The van der Waals surface area contributed by atoms with E-state index in [1.807, 2.05) is 24.1 Å². The number of pyridine rings is 2. The zero-order valence-corrected chi connectivity index (χ0v) is 11.3. The number of hydrogen-bond acceptors (Lipinski definition) is 4. The lowest BCUT2D eigenvalue weighted by atomic mass is 10.2. The van der Waals surface area contributed by atoms with Gasteiger partial charge in [-0.15, -0.1) is 0 Å². The molecule has 2 heterocycles. The quantitative estimate of drug-likeness (QED) is 0.943. The van der Waals surface area contributed by atoms with E-state index in [4.69, 9.17) is 0 Å². The van der Waals surface area contributed by atoms with Crippen molar-refractivity contribution in [2.24, 2.45) is 0 Å². The van der Waals surface area contributed by atoms with Crippen LogP contribution < -0.4 is 4.90 Å². The van der Waals surface area contributed by atoms with Crippen LogP contribution in [-0.4, -0.2) is 34.8 Å². The first-order valence-electron chi connectivity index (χ1n) is 5.37. The Morgan fingerprint density at radius 1 is 1.47 bits per heavy atom. The van der Waals surface area contributed by atoms with Crippen LogP contribution in [-0.2, 0) is 0 Å². The average molecular weight is 296 g/mol. The third-order valence-electron chi connectivity index (χ3n) is 2.47. The predicted molar refractivity (Wildman–Crippen MR) is 72.2 cm³/mol. The molecule has 2 aromatic heterocycles. The number of halogens is 1. The predicted octanol–water partition coefficient (Wildman–Crippen LogP) is 2.21. The first kappa shape index (κ1) is 12.3. The summed E-state index contributed by atoms with van der Waals surface area (Å²) in [6, 6.07) is 3.84. The standard InChI is InChI=1S/C12H14BrN3O/c1-8(17)7-16(2)11-3-4-14-10-5-9(13)6-15-12(10)11/h3-6,8,17H,7H2,1-2H3. The molecule has 0 radical (unpaired) electrons. The van der Waals surface area contributed by atoms with Crippen molar-refractivity contribution < 1.29 is 5.11 Å². The van der Waals surface area contributed by atoms with Crippen LogP contribution in [0.3, 0.4) is 0 Å². The van der Waals surface area contributed by atoms with E-state index in [-0.39, 0.29) is 6.10 Å². The summed E-state index contributed by atoms with van der Waals surface area (Å²) in [5.41, 5.74) is 2.66. The monoisotopic (exact) mass is 295 g/mol. The summed E-state index contributed by atoms with van der Waals surface area (Å²) in [5.74, 6) is 0. The van der Waals surface area contributed by atoms with Crippen LogP contribution in [0.1, 0.15) is 6.92 Å². The number of aromatic nitrogens is 2. The number of nitrogens with zero attached hydrogens (tertiary/aromatic N) is 3. The normalized spacial score (nSPS) is 12.7. The third-order valence-corrected chi connectivity index (χ3v) is 2.91. The number of rotatable bonds is 3. The van der Waals surface area contributed by atoms with E-state index in [0.29, 0.717) is 6.54 Å². The van der Waals surface area contributed by atoms with Gasteiger partial charge in [0.2, 0.25) is 0 Å². The maximum Gasteiger partial charge on any atom is 0.112 e. The lowest BCUT2D eigenvalue weighted by Crippen LogP contribution is -2.27. The summed E-state index contributed by atoms with van der Waals surface area (Å²) >= 11 is 3.38. The molecule has 0 bridgehead atoms. The molecule has 0 aliphatic rings. The number of likely N-dealkylation sites (N-methyl/N-ethyl adjacent to an activating group) is 1. The number of aliphatic hydroxyl groups excluding tert-OH is 1. The van der Waals surface area contributed by atoms with E-state index in [1.165, 1.54) is 0 Å². The van der Waals surface area contributed by atoms with Crippen molar-refractivity contribution in [3.05, 3.63) is 29.0 Å². The van der Waals surface area contributed by atoms with Gasteiger partial charge in [0.25, 0.3) is 0 Å². The van der Waals surface area contributed by atoms with Crippen molar-refractivity contribution in [2.75, 3.05) is 18.5 Å². The SMILES string of the molecule is CC(O)CN(C)c1ccnc2cc(Br)cnc12. The second-order valence-electron chi connectivity index (χ2n) is 4.08. The molecule has 5 heteroatoms. The van der Waals surface area contributed by atoms with Crippen LogP contribution in [0.5, 0.6) is 0 Å². The van der Waals surface area contributed by atoms with Crippen molar-refractivity contribution >= 4 is 32.7 Å². The van der Waals surface area contributed by atoms with Gasteiger partial charge >= 0.3 is 0 Å². The highest BCUT2D eigenvalue weighted by Crippen LogP contribution is 2.24. The Labute approximate surface area is 108 Å². The highest BCUT2D eigenvalue weighted by Gasteiger charge is 2.10. The molecule has 1 unspecified atom stereocenters. The summed E-state index contributed by atoms with van der Waals surface area (Å²) < 4.78 is 0.910. The fourth-order valence-corrected chi connectivity index (χ4v) is 2.11. The van der Waals surface area contributed by atoms with Crippen molar-refractivity contribution in [3.8, 4) is 0 Å². The largest absolute Gasteiger partial charge is 0.392 e. The highest BCUT2D eigenvalue weighted by molar-refractivity contribution is 9.10.